The second-order valence-electron chi connectivity index (χ2n) is 9.18. The molecule has 0 bridgehead atoms. The van der Waals surface area contributed by atoms with Crippen LogP contribution in [0.3, 0.4) is 0 Å². The van der Waals surface area contributed by atoms with Gasteiger partial charge in [0.1, 0.15) is 0 Å². The summed E-state index contributed by atoms with van der Waals surface area (Å²) >= 11 is 0. The van der Waals surface area contributed by atoms with Crippen LogP contribution in [0.15, 0.2) is 42.5 Å². The molecule has 1 unspecified atom stereocenters. The van der Waals surface area contributed by atoms with Gasteiger partial charge in [-0.25, -0.2) is 4.79 Å². The second kappa shape index (κ2) is 8.66. The van der Waals surface area contributed by atoms with E-state index in [-0.39, 0.29) is 11.4 Å². The van der Waals surface area contributed by atoms with E-state index in [0.29, 0.717) is 18.2 Å². The number of hydrogen-bond donors (Lipinski definition) is 1. The fourth-order valence-corrected chi connectivity index (χ4v) is 4.21. The van der Waals surface area contributed by atoms with Crippen molar-refractivity contribution in [1.82, 2.24) is 5.32 Å². The van der Waals surface area contributed by atoms with E-state index in [1.54, 1.807) is 12.1 Å². The number of rotatable bonds is 5. The average Bonchev–Trinajstić information content (AvgIpc) is 3.57. The molecular formula is C27H31NO2. The van der Waals surface area contributed by atoms with Crippen molar-refractivity contribution < 1.29 is 9.53 Å². The number of fused-ring (bicyclic) bond motifs is 1. The van der Waals surface area contributed by atoms with Gasteiger partial charge in [-0.3, -0.25) is 0 Å². The zero-order valence-electron chi connectivity index (χ0n) is 18.3. The van der Waals surface area contributed by atoms with Crippen molar-refractivity contribution in [1.29, 1.82) is 0 Å². The summed E-state index contributed by atoms with van der Waals surface area (Å²) in [5.74, 6) is 7.15. The standard InChI is InChI=1S/C27H31NO2/c1-4-30-26(29)22-12-9-19(10-13-22)5-6-20-11-14-23-24(17-20)27(2,3)16-15-25(23)28-18-21-7-8-21/h9-14,17,21,25,28H,4,7-8,15-16,18H2,1-3H3. The maximum absolute atomic E-state index is 11.8. The third-order valence-corrected chi connectivity index (χ3v) is 6.31. The Morgan fingerprint density at radius 1 is 1.07 bits per heavy atom. The third kappa shape index (κ3) is 4.77. The SMILES string of the molecule is CCOC(=O)c1ccc(C#Cc2ccc3c(c2)C(C)(C)CCC3NCC2CC2)cc1. The molecule has 2 aromatic rings. The molecule has 1 saturated carbocycles. The van der Waals surface area contributed by atoms with Crippen LogP contribution in [-0.4, -0.2) is 19.1 Å². The highest BCUT2D eigenvalue weighted by Crippen LogP contribution is 2.42. The Kier molecular flexibility index (Phi) is 5.97. The summed E-state index contributed by atoms with van der Waals surface area (Å²) in [7, 11) is 0. The number of esters is 1. The van der Waals surface area contributed by atoms with Gasteiger partial charge < -0.3 is 10.1 Å². The first-order chi connectivity index (χ1) is 14.5. The molecule has 2 aromatic carbocycles. The van der Waals surface area contributed by atoms with E-state index in [2.05, 4.69) is 49.2 Å². The Balaban J connectivity index is 1.53. The first-order valence-electron chi connectivity index (χ1n) is 11.1. The Morgan fingerprint density at radius 3 is 2.47 bits per heavy atom. The van der Waals surface area contributed by atoms with Crippen LogP contribution in [0.1, 0.15) is 85.1 Å². The van der Waals surface area contributed by atoms with Gasteiger partial charge in [-0.1, -0.05) is 31.8 Å². The molecule has 156 valence electrons. The van der Waals surface area contributed by atoms with Crippen molar-refractivity contribution in [3.8, 4) is 11.8 Å². The van der Waals surface area contributed by atoms with E-state index in [4.69, 9.17) is 4.74 Å². The number of carbonyl (C=O) groups is 1. The van der Waals surface area contributed by atoms with Crippen LogP contribution < -0.4 is 5.32 Å². The van der Waals surface area contributed by atoms with E-state index in [9.17, 15) is 4.79 Å². The van der Waals surface area contributed by atoms with Crippen LogP contribution in [-0.2, 0) is 10.2 Å². The predicted molar refractivity (Wildman–Crippen MR) is 121 cm³/mol. The maximum Gasteiger partial charge on any atom is 0.338 e. The number of benzene rings is 2. The lowest BCUT2D eigenvalue weighted by Gasteiger charge is -2.37. The Labute approximate surface area is 180 Å². The number of ether oxygens (including phenoxy) is 1. The van der Waals surface area contributed by atoms with Crippen molar-refractivity contribution in [3.63, 3.8) is 0 Å². The van der Waals surface area contributed by atoms with Crippen molar-refractivity contribution in [2.75, 3.05) is 13.2 Å². The Bertz CT molecular complexity index is 974. The lowest BCUT2D eigenvalue weighted by molar-refractivity contribution is 0.0526. The molecule has 0 amide bonds. The minimum atomic E-state index is -0.293. The fraction of sp³-hybridized carbons (Fsp3) is 0.444. The molecule has 0 aliphatic heterocycles. The van der Waals surface area contributed by atoms with Gasteiger partial charge in [-0.05, 0) is 98.0 Å². The fourth-order valence-electron chi connectivity index (χ4n) is 4.21. The largest absolute Gasteiger partial charge is 0.462 e. The molecule has 30 heavy (non-hydrogen) atoms. The smallest absolute Gasteiger partial charge is 0.338 e. The molecule has 0 saturated heterocycles. The van der Waals surface area contributed by atoms with E-state index in [1.807, 2.05) is 19.1 Å². The highest BCUT2D eigenvalue weighted by molar-refractivity contribution is 5.89. The van der Waals surface area contributed by atoms with Gasteiger partial charge in [0.15, 0.2) is 0 Å². The summed E-state index contributed by atoms with van der Waals surface area (Å²) in [4.78, 5) is 11.8. The first-order valence-corrected chi connectivity index (χ1v) is 11.1. The van der Waals surface area contributed by atoms with Crippen LogP contribution in [0.25, 0.3) is 0 Å². The lowest BCUT2D eigenvalue weighted by atomic mass is 9.70. The van der Waals surface area contributed by atoms with Gasteiger partial charge in [-0.15, -0.1) is 0 Å². The summed E-state index contributed by atoms with van der Waals surface area (Å²) in [6.07, 6.45) is 5.15. The minimum absolute atomic E-state index is 0.173. The van der Waals surface area contributed by atoms with Crippen LogP contribution in [0.2, 0.25) is 0 Å². The third-order valence-electron chi connectivity index (χ3n) is 6.31. The van der Waals surface area contributed by atoms with Crippen molar-refractivity contribution in [2.45, 2.75) is 57.9 Å². The van der Waals surface area contributed by atoms with Crippen LogP contribution in [0, 0.1) is 17.8 Å². The van der Waals surface area contributed by atoms with Gasteiger partial charge in [0, 0.05) is 17.2 Å². The van der Waals surface area contributed by atoms with Crippen molar-refractivity contribution in [2.24, 2.45) is 5.92 Å². The van der Waals surface area contributed by atoms with E-state index < -0.39 is 0 Å². The number of hydrogen-bond acceptors (Lipinski definition) is 3. The quantitative estimate of drug-likeness (QED) is 0.540. The van der Waals surface area contributed by atoms with Crippen LogP contribution in [0.4, 0.5) is 0 Å². The summed E-state index contributed by atoms with van der Waals surface area (Å²) in [6, 6.07) is 14.5. The number of nitrogens with one attached hydrogen (secondary N) is 1. The monoisotopic (exact) mass is 401 g/mol. The second-order valence-corrected chi connectivity index (χ2v) is 9.18. The predicted octanol–water partition coefficient (Wildman–Crippen LogP) is 5.38. The molecule has 3 nitrogen and oxygen atoms in total. The molecule has 3 heteroatoms. The van der Waals surface area contributed by atoms with Crippen LogP contribution >= 0.6 is 0 Å². The van der Waals surface area contributed by atoms with E-state index in [0.717, 1.165) is 23.6 Å². The van der Waals surface area contributed by atoms with Gasteiger partial charge in [0.05, 0.1) is 12.2 Å². The van der Waals surface area contributed by atoms with Crippen molar-refractivity contribution >= 4 is 5.97 Å². The van der Waals surface area contributed by atoms with Crippen molar-refractivity contribution in [3.05, 3.63) is 70.3 Å². The minimum Gasteiger partial charge on any atom is -0.462 e. The summed E-state index contributed by atoms with van der Waals surface area (Å²) in [5, 5.41) is 3.80. The molecule has 0 aromatic heterocycles. The maximum atomic E-state index is 11.8. The molecule has 2 aliphatic rings. The average molecular weight is 402 g/mol. The van der Waals surface area contributed by atoms with Crippen LogP contribution in [0.5, 0.6) is 0 Å². The molecule has 1 atom stereocenters. The highest BCUT2D eigenvalue weighted by Gasteiger charge is 2.33. The van der Waals surface area contributed by atoms with Gasteiger partial charge >= 0.3 is 5.97 Å². The molecule has 1 N–H and O–H groups in total. The molecule has 0 radical (unpaired) electrons. The Morgan fingerprint density at radius 2 is 1.77 bits per heavy atom. The highest BCUT2D eigenvalue weighted by atomic mass is 16.5. The molecule has 2 aliphatic carbocycles. The van der Waals surface area contributed by atoms with E-state index in [1.165, 1.54) is 36.8 Å². The zero-order chi connectivity index (χ0) is 21.1. The molecule has 0 heterocycles. The summed E-state index contributed by atoms with van der Waals surface area (Å²) in [6.45, 7) is 8.02. The Hall–Kier alpha value is -2.57. The summed E-state index contributed by atoms with van der Waals surface area (Å²) in [5.41, 5.74) is 5.53. The topological polar surface area (TPSA) is 38.3 Å². The normalized spacial score (nSPS) is 19.4. The van der Waals surface area contributed by atoms with Gasteiger partial charge in [0.2, 0.25) is 0 Å². The zero-order valence-corrected chi connectivity index (χ0v) is 18.3. The van der Waals surface area contributed by atoms with E-state index >= 15 is 0 Å². The first kappa shape index (κ1) is 20.7. The molecule has 4 rings (SSSR count). The molecular weight excluding hydrogens is 370 g/mol. The molecule has 0 spiro atoms. The number of carbonyl (C=O) groups excluding carboxylic acids is 1. The molecule has 1 fully saturated rings. The van der Waals surface area contributed by atoms with Gasteiger partial charge in [-0.2, -0.15) is 0 Å². The lowest BCUT2D eigenvalue weighted by Crippen LogP contribution is -2.33. The summed E-state index contributed by atoms with van der Waals surface area (Å²) < 4.78 is 5.03. The van der Waals surface area contributed by atoms with Gasteiger partial charge in [0.25, 0.3) is 0 Å².